The number of fused-ring (bicyclic) bond motifs is 2. The predicted molar refractivity (Wildman–Crippen MR) is 124 cm³/mol. The van der Waals surface area contributed by atoms with Crippen LogP contribution in [0.2, 0.25) is 0 Å². The molecule has 2 heterocycles. The van der Waals surface area contributed by atoms with Crippen molar-refractivity contribution in [2.24, 2.45) is 0 Å². The first-order valence-corrected chi connectivity index (χ1v) is 11.0. The van der Waals surface area contributed by atoms with Crippen molar-refractivity contribution in [2.75, 3.05) is 17.7 Å². The summed E-state index contributed by atoms with van der Waals surface area (Å²) in [5.74, 6) is 1.55. The highest BCUT2D eigenvalue weighted by molar-refractivity contribution is 6.10. The fourth-order valence-electron chi connectivity index (χ4n) is 4.78. The Morgan fingerprint density at radius 3 is 2.56 bits per heavy atom. The number of aromatic nitrogens is 1. The van der Waals surface area contributed by atoms with Crippen molar-refractivity contribution in [3.8, 4) is 11.5 Å². The van der Waals surface area contributed by atoms with E-state index in [0.29, 0.717) is 18.0 Å². The molecule has 0 bridgehead atoms. The van der Waals surface area contributed by atoms with Crippen molar-refractivity contribution in [3.63, 3.8) is 0 Å². The van der Waals surface area contributed by atoms with Crippen LogP contribution in [0.25, 0.3) is 0 Å². The number of benzene rings is 2. The predicted octanol–water partition coefficient (Wildman–Crippen LogP) is 4.78. The molecule has 1 aliphatic heterocycles. The number of nitrogen functional groups attached to an aromatic ring is 1. The lowest BCUT2D eigenvalue weighted by Gasteiger charge is -2.37. The van der Waals surface area contributed by atoms with E-state index in [4.69, 9.17) is 15.2 Å². The number of anilines is 2. The topological polar surface area (TPSA) is 77.7 Å². The number of methoxy groups -OCH3 is 1. The Bertz CT molecular complexity index is 1140. The Labute approximate surface area is 188 Å². The van der Waals surface area contributed by atoms with Crippen LogP contribution in [0.15, 0.2) is 60.8 Å². The largest absolute Gasteiger partial charge is 0.497 e. The number of pyridine rings is 1. The lowest BCUT2D eigenvalue weighted by atomic mass is 9.65. The molecule has 32 heavy (non-hydrogen) atoms. The van der Waals surface area contributed by atoms with E-state index in [0.717, 1.165) is 47.5 Å². The quantitative estimate of drug-likeness (QED) is 0.571. The number of hydrogen-bond acceptors (Lipinski definition) is 5. The van der Waals surface area contributed by atoms with E-state index in [9.17, 15) is 4.79 Å². The SMILES string of the molecule is COc1ccc(CN2C(=O)C3(CCC3)c3cc(N)cc(OC(C)c4ccccn4)c32)cc1. The maximum Gasteiger partial charge on any atom is 0.238 e. The number of ether oxygens (including phenoxy) is 2. The van der Waals surface area contributed by atoms with Gasteiger partial charge in [0.05, 0.1) is 30.5 Å². The third-order valence-electron chi connectivity index (χ3n) is 6.65. The number of amides is 1. The zero-order chi connectivity index (χ0) is 22.3. The second kappa shape index (κ2) is 7.86. The third-order valence-corrected chi connectivity index (χ3v) is 6.65. The van der Waals surface area contributed by atoms with Gasteiger partial charge in [-0.05, 0) is 61.2 Å². The van der Waals surface area contributed by atoms with Crippen LogP contribution >= 0.6 is 0 Å². The first-order valence-electron chi connectivity index (χ1n) is 11.0. The first kappa shape index (κ1) is 20.4. The fraction of sp³-hybridized carbons (Fsp3) is 0.308. The van der Waals surface area contributed by atoms with Gasteiger partial charge in [0.15, 0.2) is 0 Å². The van der Waals surface area contributed by atoms with Crippen LogP contribution in [-0.2, 0) is 16.8 Å². The van der Waals surface area contributed by atoms with Gasteiger partial charge in [0, 0.05) is 18.0 Å². The van der Waals surface area contributed by atoms with Crippen molar-refractivity contribution in [1.29, 1.82) is 0 Å². The van der Waals surface area contributed by atoms with E-state index in [1.54, 1.807) is 13.3 Å². The molecular weight excluding hydrogens is 402 g/mol. The van der Waals surface area contributed by atoms with E-state index in [1.807, 2.05) is 66.4 Å². The summed E-state index contributed by atoms with van der Waals surface area (Å²) in [5, 5.41) is 0. The van der Waals surface area contributed by atoms with Gasteiger partial charge in [-0.3, -0.25) is 9.78 Å². The third kappa shape index (κ3) is 3.27. The second-order valence-corrected chi connectivity index (χ2v) is 8.60. The van der Waals surface area contributed by atoms with Gasteiger partial charge in [-0.1, -0.05) is 24.6 Å². The molecule has 1 unspecified atom stereocenters. The van der Waals surface area contributed by atoms with Gasteiger partial charge in [-0.2, -0.15) is 0 Å². The summed E-state index contributed by atoms with van der Waals surface area (Å²) in [6.45, 7) is 2.43. The molecule has 164 valence electrons. The van der Waals surface area contributed by atoms with Crippen LogP contribution in [0.5, 0.6) is 11.5 Å². The van der Waals surface area contributed by atoms with Gasteiger partial charge in [0.1, 0.15) is 17.6 Å². The van der Waals surface area contributed by atoms with Crippen molar-refractivity contribution >= 4 is 17.3 Å². The number of rotatable bonds is 6. The van der Waals surface area contributed by atoms with Crippen LogP contribution in [0.4, 0.5) is 11.4 Å². The number of carbonyl (C=O) groups excluding carboxylic acids is 1. The molecule has 1 saturated carbocycles. The maximum absolute atomic E-state index is 13.7. The van der Waals surface area contributed by atoms with Crippen molar-refractivity contribution in [1.82, 2.24) is 4.98 Å². The van der Waals surface area contributed by atoms with E-state index < -0.39 is 5.41 Å². The van der Waals surface area contributed by atoms with E-state index >= 15 is 0 Å². The Balaban J connectivity index is 1.55. The maximum atomic E-state index is 13.7. The summed E-state index contributed by atoms with van der Waals surface area (Å²) < 4.78 is 11.7. The smallest absolute Gasteiger partial charge is 0.238 e. The summed E-state index contributed by atoms with van der Waals surface area (Å²) in [5.41, 5.74) is 10.1. The molecule has 5 rings (SSSR count). The molecule has 1 aromatic heterocycles. The summed E-state index contributed by atoms with van der Waals surface area (Å²) in [7, 11) is 1.65. The molecule has 1 aliphatic carbocycles. The van der Waals surface area contributed by atoms with Gasteiger partial charge < -0.3 is 20.1 Å². The normalized spacial score (nSPS) is 17.1. The van der Waals surface area contributed by atoms with Gasteiger partial charge in [-0.15, -0.1) is 0 Å². The monoisotopic (exact) mass is 429 g/mol. The summed E-state index contributed by atoms with van der Waals surface area (Å²) in [6, 6.07) is 17.4. The second-order valence-electron chi connectivity index (χ2n) is 8.60. The van der Waals surface area contributed by atoms with Crippen LogP contribution in [0, 0.1) is 0 Å². The summed E-state index contributed by atoms with van der Waals surface area (Å²) in [4.78, 5) is 20.0. The van der Waals surface area contributed by atoms with Gasteiger partial charge >= 0.3 is 0 Å². The highest BCUT2D eigenvalue weighted by Gasteiger charge is 2.55. The average Bonchev–Trinajstić information content (AvgIpc) is 3.02. The molecule has 2 N–H and O–H groups in total. The molecule has 1 amide bonds. The van der Waals surface area contributed by atoms with E-state index in [2.05, 4.69) is 4.98 Å². The van der Waals surface area contributed by atoms with Crippen LogP contribution in [-0.4, -0.2) is 18.0 Å². The Morgan fingerprint density at radius 1 is 1.16 bits per heavy atom. The molecule has 2 aromatic carbocycles. The molecule has 1 fully saturated rings. The lowest BCUT2D eigenvalue weighted by molar-refractivity contribution is -0.126. The fourth-order valence-corrected chi connectivity index (χ4v) is 4.78. The highest BCUT2D eigenvalue weighted by atomic mass is 16.5. The summed E-state index contributed by atoms with van der Waals surface area (Å²) in [6.07, 6.45) is 4.20. The lowest BCUT2D eigenvalue weighted by Crippen LogP contribution is -2.44. The van der Waals surface area contributed by atoms with Crippen molar-refractivity contribution in [2.45, 2.75) is 44.2 Å². The van der Waals surface area contributed by atoms with Crippen LogP contribution in [0.3, 0.4) is 0 Å². The Hall–Kier alpha value is -3.54. The zero-order valence-electron chi connectivity index (χ0n) is 18.4. The molecule has 6 heteroatoms. The molecular formula is C26H27N3O3. The van der Waals surface area contributed by atoms with E-state index in [1.165, 1.54) is 0 Å². The minimum atomic E-state index is -0.483. The minimum absolute atomic E-state index is 0.135. The molecule has 1 spiro atoms. The number of nitrogens with zero attached hydrogens (tertiary/aromatic N) is 2. The average molecular weight is 430 g/mol. The standard InChI is InChI=1S/C26H27N3O3/c1-17(22-6-3-4-13-28-22)32-23-15-19(27)14-21-24(23)29(25(30)26(21)11-5-12-26)16-18-7-9-20(31-2)10-8-18/h3-4,6-10,13-15,17H,5,11-12,16,27H2,1-2H3. The molecule has 0 radical (unpaired) electrons. The molecule has 2 aliphatic rings. The van der Waals surface area contributed by atoms with Crippen molar-refractivity contribution < 1.29 is 14.3 Å². The molecule has 3 aromatic rings. The summed E-state index contributed by atoms with van der Waals surface area (Å²) >= 11 is 0. The van der Waals surface area contributed by atoms with Gasteiger partial charge in [0.25, 0.3) is 0 Å². The number of nitrogens with two attached hydrogens (primary N) is 1. The van der Waals surface area contributed by atoms with E-state index in [-0.39, 0.29) is 12.0 Å². The number of hydrogen-bond donors (Lipinski definition) is 1. The Morgan fingerprint density at radius 2 is 1.94 bits per heavy atom. The zero-order valence-corrected chi connectivity index (χ0v) is 18.4. The van der Waals surface area contributed by atoms with Crippen molar-refractivity contribution in [3.05, 3.63) is 77.6 Å². The van der Waals surface area contributed by atoms with Crippen LogP contribution < -0.4 is 20.1 Å². The highest BCUT2D eigenvalue weighted by Crippen LogP contribution is 2.57. The van der Waals surface area contributed by atoms with Crippen LogP contribution in [0.1, 0.15) is 49.1 Å². The number of carbonyl (C=O) groups is 1. The van der Waals surface area contributed by atoms with Gasteiger partial charge in [0.2, 0.25) is 5.91 Å². The Kier molecular flexibility index (Phi) is 5.00. The first-order chi connectivity index (χ1) is 15.5. The molecule has 0 saturated heterocycles. The molecule has 6 nitrogen and oxygen atoms in total. The molecule has 1 atom stereocenters. The minimum Gasteiger partial charge on any atom is -0.497 e. The van der Waals surface area contributed by atoms with Gasteiger partial charge in [-0.25, -0.2) is 0 Å².